The van der Waals surface area contributed by atoms with Crippen LogP contribution in [-0.4, -0.2) is 42.7 Å². The number of urea groups is 1. The number of amides is 3. The predicted octanol–water partition coefficient (Wildman–Crippen LogP) is 2.98. The van der Waals surface area contributed by atoms with Crippen LogP contribution in [0.3, 0.4) is 0 Å². The summed E-state index contributed by atoms with van der Waals surface area (Å²) in [5.74, 6) is -0.428. The van der Waals surface area contributed by atoms with E-state index >= 15 is 0 Å². The summed E-state index contributed by atoms with van der Waals surface area (Å²) in [6.07, 6.45) is 4.80. The van der Waals surface area contributed by atoms with Gasteiger partial charge in [0.25, 0.3) is 0 Å². The van der Waals surface area contributed by atoms with Gasteiger partial charge in [0, 0.05) is 24.7 Å². The van der Waals surface area contributed by atoms with Crippen molar-refractivity contribution in [3.8, 4) is 5.75 Å². The summed E-state index contributed by atoms with van der Waals surface area (Å²) in [6.45, 7) is 0.637. The lowest BCUT2D eigenvalue weighted by atomic mass is 9.86. The van der Waals surface area contributed by atoms with Crippen LogP contribution in [0.2, 0.25) is 0 Å². The molecule has 8 heteroatoms. The van der Waals surface area contributed by atoms with Crippen molar-refractivity contribution >= 4 is 29.3 Å². The van der Waals surface area contributed by atoms with Crippen molar-refractivity contribution in [1.82, 2.24) is 5.32 Å². The number of methoxy groups -OCH3 is 1. The number of aliphatic carboxylic acids is 1. The first-order valence-electron chi connectivity index (χ1n) is 9.76. The van der Waals surface area contributed by atoms with E-state index in [9.17, 15) is 14.4 Å². The number of hydrogen-bond donors (Lipinski definition) is 3. The van der Waals surface area contributed by atoms with E-state index in [1.807, 2.05) is 0 Å². The zero-order valence-corrected chi connectivity index (χ0v) is 16.1. The Labute approximate surface area is 164 Å². The van der Waals surface area contributed by atoms with Crippen LogP contribution >= 0.6 is 0 Å². The SMILES string of the molecule is COc1ccc(NC(=O)NC2CCC(C(=O)O)CC2)cc1N1CCCCC1=O. The Balaban J connectivity index is 1.62. The van der Waals surface area contributed by atoms with Gasteiger partial charge in [-0.2, -0.15) is 0 Å². The zero-order valence-electron chi connectivity index (χ0n) is 16.1. The third-order valence-electron chi connectivity index (χ3n) is 5.46. The maximum Gasteiger partial charge on any atom is 0.319 e. The number of carboxylic acid groups (broad SMARTS) is 1. The molecule has 3 amide bonds. The maximum atomic E-state index is 12.4. The third kappa shape index (κ3) is 4.74. The van der Waals surface area contributed by atoms with Crippen molar-refractivity contribution in [2.24, 2.45) is 5.92 Å². The van der Waals surface area contributed by atoms with Crippen LogP contribution in [0.5, 0.6) is 5.75 Å². The van der Waals surface area contributed by atoms with E-state index in [0.29, 0.717) is 55.8 Å². The molecule has 3 N–H and O–H groups in total. The van der Waals surface area contributed by atoms with Gasteiger partial charge in [-0.05, 0) is 56.7 Å². The molecule has 1 aliphatic carbocycles. The summed E-state index contributed by atoms with van der Waals surface area (Å²) in [7, 11) is 1.56. The van der Waals surface area contributed by atoms with Gasteiger partial charge in [0.05, 0.1) is 18.7 Å². The second-order valence-corrected chi connectivity index (χ2v) is 7.37. The average Bonchev–Trinajstić information content (AvgIpc) is 2.68. The molecule has 28 heavy (non-hydrogen) atoms. The molecule has 152 valence electrons. The summed E-state index contributed by atoms with van der Waals surface area (Å²) in [4.78, 5) is 37.3. The minimum atomic E-state index is -0.763. The molecule has 3 rings (SSSR count). The second-order valence-electron chi connectivity index (χ2n) is 7.37. The molecule has 1 saturated heterocycles. The summed E-state index contributed by atoms with van der Waals surface area (Å²) in [5.41, 5.74) is 1.23. The molecule has 0 bridgehead atoms. The smallest absolute Gasteiger partial charge is 0.319 e. The van der Waals surface area contributed by atoms with E-state index in [0.717, 1.165) is 12.8 Å². The molecule has 0 unspecified atom stereocenters. The number of hydrogen-bond acceptors (Lipinski definition) is 4. The number of carbonyl (C=O) groups excluding carboxylic acids is 2. The van der Waals surface area contributed by atoms with Crippen LogP contribution < -0.4 is 20.3 Å². The van der Waals surface area contributed by atoms with Crippen molar-refractivity contribution in [1.29, 1.82) is 0 Å². The molecule has 0 atom stereocenters. The molecule has 1 aromatic rings. The first kappa shape index (κ1) is 20.0. The van der Waals surface area contributed by atoms with E-state index in [4.69, 9.17) is 9.84 Å². The van der Waals surface area contributed by atoms with Crippen LogP contribution in [0, 0.1) is 5.92 Å². The standard InChI is InChI=1S/C20H27N3O5/c1-28-17-10-9-15(12-16(17)23-11-3-2-4-18(23)24)22-20(27)21-14-7-5-13(6-8-14)19(25)26/h9-10,12-14H,2-8,11H2,1H3,(H,25,26)(H2,21,22,27). The highest BCUT2D eigenvalue weighted by Crippen LogP contribution is 2.33. The molecule has 1 aromatic carbocycles. The van der Waals surface area contributed by atoms with E-state index in [1.54, 1.807) is 30.2 Å². The van der Waals surface area contributed by atoms with Crippen molar-refractivity contribution in [3.05, 3.63) is 18.2 Å². The summed E-state index contributed by atoms with van der Waals surface area (Å²) in [6, 6.07) is 4.86. The minimum absolute atomic E-state index is 0.0306. The molecular weight excluding hydrogens is 362 g/mol. The van der Waals surface area contributed by atoms with Crippen molar-refractivity contribution in [3.63, 3.8) is 0 Å². The Bertz CT molecular complexity index is 743. The highest BCUT2D eigenvalue weighted by molar-refractivity contribution is 5.97. The number of carboxylic acids is 1. The van der Waals surface area contributed by atoms with Crippen LogP contribution in [-0.2, 0) is 9.59 Å². The quantitative estimate of drug-likeness (QED) is 0.717. The van der Waals surface area contributed by atoms with Gasteiger partial charge in [0.15, 0.2) is 0 Å². The normalized spacial score (nSPS) is 22.5. The Kier molecular flexibility index (Phi) is 6.38. The molecule has 0 spiro atoms. The number of ether oxygens (including phenoxy) is 1. The molecule has 1 heterocycles. The Morgan fingerprint density at radius 2 is 1.93 bits per heavy atom. The fraction of sp³-hybridized carbons (Fsp3) is 0.550. The third-order valence-corrected chi connectivity index (χ3v) is 5.46. The highest BCUT2D eigenvalue weighted by atomic mass is 16.5. The lowest BCUT2D eigenvalue weighted by Crippen LogP contribution is -2.41. The van der Waals surface area contributed by atoms with E-state index in [2.05, 4.69) is 10.6 Å². The Morgan fingerprint density at radius 3 is 2.57 bits per heavy atom. The molecule has 2 aliphatic rings. The molecule has 8 nitrogen and oxygen atoms in total. The summed E-state index contributed by atoms with van der Waals surface area (Å²) < 4.78 is 5.39. The Hall–Kier alpha value is -2.77. The number of nitrogens with zero attached hydrogens (tertiary/aromatic N) is 1. The highest BCUT2D eigenvalue weighted by Gasteiger charge is 2.27. The van der Waals surface area contributed by atoms with Gasteiger partial charge >= 0.3 is 12.0 Å². The lowest BCUT2D eigenvalue weighted by molar-refractivity contribution is -0.142. The van der Waals surface area contributed by atoms with Gasteiger partial charge in [-0.1, -0.05) is 0 Å². The summed E-state index contributed by atoms with van der Waals surface area (Å²) >= 11 is 0. The average molecular weight is 389 g/mol. The minimum Gasteiger partial charge on any atom is -0.495 e. The van der Waals surface area contributed by atoms with Crippen LogP contribution in [0.25, 0.3) is 0 Å². The van der Waals surface area contributed by atoms with Gasteiger partial charge in [-0.15, -0.1) is 0 Å². The molecule has 1 saturated carbocycles. The molecule has 0 aromatic heterocycles. The lowest BCUT2D eigenvalue weighted by Gasteiger charge is -2.29. The van der Waals surface area contributed by atoms with Gasteiger partial charge in [0.2, 0.25) is 5.91 Å². The van der Waals surface area contributed by atoms with E-state index < -0.39 is 5.97 Å². The fourth-order valence-corrected chi connectivity index (χ4v) is 3.88. The first-order chi connectivity index (χ1) is 13.5. The molecular formula is C20H27N3O5. The maximum absolute atomic E-state index is 12.4. The second kappa shape index (κ2) is 8.95. The van der Waals surface area contributed by atoms with Gasteiger partial charge in [-0.25, -0.2) is 4.79 Å². The van der Waals surface area contributed by atoms with Gasteiger partial charge < -0.3 is 25.4 Å². The predicted molar refractivity (Wildman–Crippen MR) is 105 cm³/mol. The number of carbonyl (C=O) groups is 3. The molecule has 1 aliphatic heterocycles. The molecule has 2 fully saturated rings. The van der Waals surface area contributed by atoms with Gasteiger partial charge in [-0.3, -0.25) is 9.59 Å². The van der Waals surface area contributed by atoms with E-state index in [-0.39, 0.29) is 23.9 Å². The topological polar surface area (TPSA) is 108 Å². The number of piperidine rings is 1. The van der Waals surface area contributed by atoms with Crippen molar-refractivity contribution in [2.75, 3.05) is 23.9 Å². The van der Waals surface area contributed by atoms with Crippen molar-refractivity contribution < 1.29 is 24.2 Å². The number of rotatable bonds is 5. The first-order valence-corrected chi connectivity index (χ1v) is 9.76. The summed E-state index contributed by atoms with van der Waals surface area (Å²) in [5, 5.41) is 14.8. The van der Waals surface area contributed by atoms with Crippen molar-refractivity contribution in [2.45, 2.75) is 51.0 Å². The monoisotopic (exact) mass is 389 g/mol. The number of nitrogens with one attached hydrogen (secondary N) is 2. The zero-order chi connectivity index (χ0) is 20.1. The van der Waals surface area contributed by atoms with E-state index in [1.165, 1.54) is 0 Å². The fourth-order valence-electron chi connectivity index (χ4n) is 3.88. The number of benzene rings is 1. The molecule has 0 radical (unpaired) electrons. The van der Waals surface area contributed by atoms with Crippen LogP contribution in [0.1, 0.15) is 44.9 Å². The van der Waals surface area contributed by atoms with Crippen LogP contribution in [0.15, 0.2) is 18.2 Å². The van der Waals surface area contributed by atoms with Gasteiger partial charge in [0.1, 0.15) is 5.75 Å². The Morgan fingerprint density at radius 1 is 1.18 bits per heavy atom. The van der Waals surface area contributed by atoms with Crippen LogP contribution in [0.4, 0.5) is 16.2 Å². The number of anilines is 2. The largest absolute Gasteiger partial charge is 0.495 e.